The molecule has 10 nitrogen and oxygen atoms in total. The standard InChI is InChI=1S/C31H25F5N8O2/c32-20-4-2-18(3-5-20)26-27(43-13-12-42(16-25(43)40-26)29(46)30(9-1-10-30)17-31(34,35)36)21-6-7-24-38-23(15-44(24)41-21)39-28(45)19-8-11-37-22(33)14-19/h2-8,11,14-15H,1,9-10,12-13,16-17H2,(H,39,45). The Balaban J connectivity index is 1.23. The van der Waals surface area contributed by atoms with E-state index in [1.54, 1.807) is 24.3 Å². The number of hydrogen-bond donors (Lipinski definition) is 1. The maximum atomic E-state index is 13.8. The normalized spacial score (nSPS) is 15.8. The molecule has 15 heteroatoms. The molecule has 1 N–H and O–H groups in total. The lowest BCUT2D eigenvalue weighted by Gasteiger charge is -2.44. The van der Waals surface area contributed by atoms with E-state index >= 15 is 0 Å². The van der Waals surface area contributed by atoms with E-state index in [2.05, 4.69) is 15.3 Å². The molecule has 0 radical (unpaired) electrons. The van der Waals surface area contributed by atoms with Crippen LogP contribution in [0.3, 0.4) is 0 Å². The Kier molecular flexibility index (Phi) is 7.05. The zero-order valence-electron chi connectivity index (χ0n) is 24.1. The van der Waals surface area contributed by atoms with Crippen LogP contribution in [0.5, 0.6) is 0 Å². The number of carbonyl (C=O) groups excluding carboxylic acids is 2. The molecule has 5 aromatic rings. The van der Waals surface area contributed by atoms with Crippen molar-refractivity contribution in [2.24, 2.45) is 5.41 Å². The number of nitrogens with one attached hydrogen (secondary N) is 1. The number of fused-ring (bicyclic) bond motifs is 2. The second kappa shape index (κ2) is 11.0. The van der Waals surface area contributed by atoms with Gasteiger partial charge in [0, 0.05) is 36.5 Å². The van der Waals surface area contributed by atoms with Crippen LogP contribution in [0.2, 0.25) is 0 Å². The van der Waals surface area contributed by atoms with Gasteiger partial charge in [0.25, 0.3) is 5.91 Å². The molecule has 0 bridgehead atoms. The van der Waals surface area contributed by atoms with Gasteiger partial charge in [-0.05, 0) is 55.3 Å². The summed E-state index contributed by atoms with van der Waals surface area (Å²) in [5.74, 6) is -1.72. The number of halogens is 5. The van der Waals surface area contributed by atoms with Crippen LogP contribution in [-0.4, -0.2) is 58.6 Å². The summed E-state index contributed by atoms with van der Waals surface area (Å²) in [7, 11) is 0. The van der Waals surface area contributed by atoms with E-state index in [0.717, 1.165) is 6.07 Å². The third-order valence-electron chi connectivity index (χ3n) is 8.47. The first-order valence-electron chi connectivity index (χ1n) is 14.5. The predicted octanol–water partition coefficient (Wildman–Crippen LogP) is 5.65. The van der Waals surface area contributed by atoms with Crippen LogP contribution in [0.15, 0.2) is 60.9 Å². The average molecular weight is 637 g/mol. The highest BCUT2D eigenvalue weighted by Gasteiger charge is 2.53. The van der Waals surface area contributed by atoms with E-state index in [4.69, 9.17) is 10.1 Å². The first kappa shape index (κ1) is 29.5. The van der Waals surface area contributed by atoms with Gasteiger partial charge in [-0.25, -0.2) is 23.9 Å². The fraction of sp³-hybridized carbons (Fsp3) is 0.290. The second-order valence-electron chi connectivity index (χ2n) is 11.5. The summed E-state index contributed by atoms with van der Waals surface area (Å²) in [5.41, 5.74) is 1.06. The van der Waals surface area contributed by atoms with Gasteiger partial charge in [0.15, 0.2) is 11.5 Å². The summed E-state index contributed by atoms with van der Waals surface area (Å²) in [4.78, 5) is 40.1. The van der Waals surface area contributed by atoms with Crippen LogP contribution in [-0.2, 0) is 17.9 Å². The maximum Gasteiger partial charge on any atom is 0.390 e. The lowest BCUT2D eigenvalue weighted by atomic mass is 9.65. The predicted molar refractivity (Wildman–Crippen MR) is 154 cm³/mol. The Morgan fingerprint density at radius 3 is 2.46 bits per heavy atom. The number of amides is 2. The molecule has 1 fully saturated rings. The van der Waals surface area contributed by atoms with E-state index in [1.165, 1.54) is 40.0 Å². The largest absolute Gasteiger partial charge is 0.390 e. The molecular formula is C31H25F5N8O2. The molecule has 1 aromatic carbocycles. The Bertz CT molecular complexity index is 1980. The number of carbonyl (C=O) groups is 2. The molecule has 2 aliphatic rings. The van der Waals surface area contributed by atoms with Crippen LogP contribution in [0.25, 0.3) is 28.3 Å². The Hall–Kier alpha value is -5.21. The lowest BCUT2D eigenvalue weighted by Crippen LogP contribution is -2.51. The first-order chi connectivity index (χ1) is 22.0. The molecule has 0 atom stereocenters. The molecule has 0 saturated heterocycles. The summed E-state index contributed by atoms with van der Waals surface area (Å²) >= 11 is 0. The number of anilines is 1. The molecule has 7 rings (SSSR count). The van der Waals surface area contributed by atoms with E-state index < -0.39 is 41.6 Å². The van der Waals surface area contributed by atoms with Crippen molar-refractivity contribution in [3.63, 3.8) is 0 Å². The molecule has 46 heavy (non-hydrogen) atoms. The van der Waals surface area contributed by atoms with Gasteiger partial charge < -0.3 is 14.8 Å². The van der Waals surface area contributed by atoms with Gasteiger partial charge in [0.05, 0.1) is 36.0 Å². The number of rotatable bonds is 6. The quantitative estimate of drug-likeness (QED) is 0.191. The van der Waals surface area contributed by atoms with E-state index in [-0.39, 0.29) is 43.9 Å². The van der Waals surface area contributed by atoms with E-state index in [9.17, 15) is 31.5 Å². The Morgan fingerprint density at radius 2 is 1.76 bits per heavy atom. The molecule has 1 aliphatic heterocycles. The van der Waals surface area contributed by atoms with Crippen molar-refractivity contribution in [3.8, 4) is 22.6 Å². The summed E-state index contributed by atoms with van der Waals surface area (Å²) in [6.45, 7) is 0.433. The molecule has 236 valence electrons. The van der Waals surface area contributed by atoms with Gasteiger partial charge in [-0.3, -0.25) is 9.59 Å². The third-order valence-corrected chi connectivity index (χ3v) is 8.47. The number of benzene rings is 1. The molecule has 4 aromatic heterocycles. The van der Waals surface area contributed by atoms with Crippen molar-refractivity contribution in [2.75, 3.05) is 11.9 Å². The van der Waals surface area contributed by atoms with Gasteiger partial charge in [-0.15, -0.1) is 0 Å². The summed E-state index contributed by atoms with van der Waals surface area (Å²) in [5, 5.41) is 7.30. The van der Waals surface area contributed by atoms with Crippen LogP contribution in [0, 0.1) is 17.2 Å². The van der Waals surface area contributed by atoms with Crippen molar-refractivity contribution >= 4 is 23.3 Å². The van der Waals surface area contributed by atoms with Crippen molar-refractivity contribution in [3.05, 3.63) is 84.1 Å². The van der Waals surface area contributed by atoms with E-state index in [1.807, 2.05) is 4.57 Å². The minimum Gasteiger partial charge on any atom is -0.333 e. The number of alkyl halides is 3. The topological polar surface area (TPSA) is 110 Å². The summed E-state index contributed by atoms with van der Waals surface area (Å²) in [6, 6.07) is 11.5. The van der Waals surface area contributed by atoms with Crippen molar-refractivity contribution in [1.29, 1.82) is 0 Å². The fourth-order valence-electron chi connectivity index (χ4n) is 6.16. The minimum absolute atomic E-state index is 0.00569. The van der Waals surface area contributed by atoms with Gasteiger partial charge in [-0.1, -0.05) is 6.42 Å². The highest BCUT2D eigenvalue weighted by molar-refractivity contribution is 6.03. The zero-order chi connectivity index (χ0) is 32.2. The minimum atomic E-state index is -4.45. The number of imidazole rings is 2. The number of pyridine rings is 1. The highest BCUT2D eigenvalue weighted by atomic mass is 19.4. The van der Waals surface area contributed by atoms with Crippen LogP contribution < -0.4 is 5.32 Å². The second-order valence-corrected chi connectivity index (χ2v) is 11.5. The highest BCUT2D eigenvalue weighted by Crippen LogP contribution is 2.50. The third kappa shape index (κ3) is 5.45. The van der Waals surface area contributed by atoms with Crippen molar-refractivity contribution < 1.29 is 31.5 Å². The molecule has 0 spiro atoms. The number of nitrogens with zero attached hydrogens (tertiary/aromatic N) is 7. The first-order valence-corrected chi connectivity index (χ1v) is 14.5. The smallest absolute Gasteiger partial charge is 0.333 e. The zero-order valence-corrected chi connectivity index (χ0v) is 24.1. The lowest BCUT2D eigenvalue weighted by molar-refractivity contribution is -0.185. The van der Waals surface area contributed by atoms with Gasteiger partial charge in [0.2, 0.25) is 11.9 Å². The number of hydrogen-bond acceptors (Lipinski definition) is 6. The van der Waals surface area contributed by atoms with Crippen LogP contribution >= 0.6 is 0 Å². The van der Waals surface area contributed by atoms with Crippen molar-refractivity contribution in [1.82, 2.24) is 34.0 Å². The van der Waals surface area contributed by atoms with Gasteiger partial charge in [0.1, 0.15) is 17.3 Å². The molecule has 5 heterocycles. The average Bonchev–Trinajstić information content (AvgIpc) is 3.58. The van der Waals surface area contributed by atoms with Gasteiger partial charge in [-0.2, -0.15) is 22.7 Å². The summed E-state index contributed by atoms with van der Waals surface area (Å²) < 4.78 is 70.8. The molecule has 2 amide bonds. The fourth-order valence-corrected chi connectivity index (χ4v) is 6.16. The van der Waals surface area contributed by atoms with Crippen molar-refractivity contribution in [2.45, 2.75) is 44.9 Å². The monoisotopic (exact) mass is 636 g/mol. The molecule has 1 saturated carbocycles. The summed E-state index contributed by atoms with van der Waals surface area (Å²) in [6.07, 6.45) is -1.98. The Labute approximate surface area is 257 Å². The molecular weight excluding hydrogens is 611 g/mol. The van der Waals surface area contributed by atoms with Gasteiger partial charge >= 0.3 is 6.18 Å². The van der Waals surface area contributed by atoms with Crippen LogP contribution in [0.4, 0.5) is 27.8 Å². The van der Waals surface area contributed by atoms with E-state index in [0.29, 0.717) is 40.5 Å². The maximum absolute atomic E-state index is 13.8. The van der Waals surface area contributed by atoms with Crippen LogP contribution in [0.1, 0.15) is 41.9 Å². The Morgan fingerprint density at radius 1 is 0.978 bits per heavy atom. The SMILES string of the molecule is O=C(Nc1cn2nc(-c3c(-c4ccc(F)cc4)nc4n3CCN(C(=O)C3(CC(F)(F)F)CCC3)C4)ccc2n1)c1ccnc(F)c1. The number of aromatic nitrogens is 6. The molecule has 0 unspecified atom stereocenters. The molecule has 1 aliphatic carbocycles.